The summed E-state index contributed by atoms with van der Waals surface area (Å²) in [5.41, 5.74) is 0.720. The number of amides is 1. The number of benzene rings is 1. The molecule has 2 atom stereocenters. The highest BCUT2D eigenvalue weighted by Gasteiger charge is 2.27. The minimum Gasteiger partial charge on any atom is -0.444 e. The van der Waals surface area contributed by atoms with Crippen LogP contribution in [-0.2, 0) is 9.47 Å². The van der Waals surface area contributed by atoms with Crippen molar-refractivity contribution in [2.45, 2.75) is 52.2 Å². The highest BCUT2D eigenvalue weighted by Crippen LogP contribution is 2.33. The molecule has 1 aliphatic rings. The normalized spacial score (nSPS) is 19.4. The van der Waals surface area contributed by atoms with E-state index in [4.69, 9.17) is 14.5 Å². The first-order chi connectivity index (χ1) is 13.9. The number of halogens is 1. The molecule has 0 aliphatic carbocycles. The largest absolute Gasteiger partial charge is 0.444 e. The van der Waals surface area contributed by atoms with Gasteiger partial charge in [-0.05, 0) is 46.1 Å². The average molecular weight is 532 g/mol. The summed E-state index contributed by atoms with van der Waals surface area (Å²) in [6, 6.07) is 10.4. The van der Waals surface area contributed by atoms with E-state index in [1.54, 1.807) is 0 Å². The van der Waals surface area contributed by atoms with Crippen molar-refractivity contribution in [2.75, 3.05) is 32.8 Å². The monoisotopic (exact) mass is 532 g/mol. The average Bonchev–Trinajstić information content (AvgIpc) is 2.69. The zero-order valence-electron chi connectivity index (χ0n) is 18.6. The maximum absolute atomic E-state index is 11.7. The van der Waals surface area contributed by atoms with E-state index in [1.807, 2.05) is 33.8 Å². The van der Waals surface area contributed by atoms with Crippen molar-refractivity contribution in [1.82, 2.24) is 16.0 Å². The Morgan fingerprint density at radius 3 is 2.53 bits per heavy atom. The summed E-state index contributed by atoms with van der Waals surface area (Å²) in [7, 11) is 0. The van der Waals surface area contributed by atoms with E-state index in [-0.39, 0.29) is 30.1 Å². The van der Waals surface area contributed by atoms with Crippen LogP contribution in [0.3, 0.4) is 0 Å². The predicted octanol–water partition coefficient (Wildman–Crippen LogP) is 3.85. The Kier molecular flexibility index (Phi) is 12.1. The number of alkyl carbamates (subject to hydrolysis) is 1. The summed E-state index contributed by atoms with van der Waals surface area (Å²) >= 11 is 0. The van der Waals surface area contributed by atoms with E-state index in [9.17, 15) is 4.79 Å². The van der Waals surface area contributed by atoms with Gasteiger partial charge in [-0.15, -0.1) is 24.0 Å². The van der Waals surface area contributed by atoms with Gasteiger partial charge in [0.2, 0.25) is 0 Å². The maximum Gasteiger partial charge on any atom is 0.407 e. The molecule has 0 bridgehead atoms. The predicted molar refractivity (Wildman–Crippen MR) is 131 cm³/mol. The maximum atomic E-state index is 11.7. The van der Waals surface area contributed by atoms with Crippen LogP contribution in [0.15, 0.2) is 35.3 Å². The van der Waals surface area contributed by atoms with Crippen LogP contribution >= 0.6 is 24.0 Å². The fourth-order valence-electron chi connectivity index (χ4n) is 3.25. The number of ether oxygens (including phenoxy) is 2. The third kappa shape index (κ3) is 9.97. The van der Waals surface area contributed by atoms with Crippen molar-refractivity contribution in [2.24, 2.45) is 10.9 Å². The standard InChI is InChI=1S/C22H36N4O3.HI/c1-5-23-20(24-13-14-25-21(27)29-22(2,3)4)26-16-18-12-9-15-28-19(18)17-10-7-6-8-11-17;/h6-8,10-11,18-19H,5,9,12-16H2,1-4H3,(H,25,27)(H2,23,24,26);1H. The first-order valence-electron chi connectivity index (χ1n) is 10.5. The van der Waals surface area contributed by atoms with Crippen LogP contribution in [-0.4, -0.2) is 50.4 Å². The molecule has 8 heteroatoms. The lowest BCUT2D eigenvalue weighted by Crippen LogP contribution is -2.42. The molecular weight excluding hydrogens is 495 g/mol. The van der Waals surface area contributed by atoms with Crippen LogP contribution < -0.4 is 16.0 Å². The number of guanidine groups is 1. The Bertz CT molecular complexity index is 650. The Morgan fingerprint density at radius 1 is 1.17 bits per heavy atom. The molecule has 1 saturated heterocycles. The van der Waals surface area contributed by atoms with Gasteiger partial charge < -0.3 is 25.4 Å². The van der Waals surface area contributed by atoms with Crippen LogP contribution in [0, 0.1) is 5.92 Å². The lowest BCUT2D eigenvalue weighted by molar-refractivity contribution is -0.0250. The van der Waals surface area contributed by atoms with E-state index in [1.165, 1.54) is 5.56 Å². The van der Waals surface area contributed by atoms with Gasteiger partial charge >= 0.3 is 6.09 Å². The number of carbonyl (C=O) groups excluding carboxylic acids is 1. The second kappa shape index (κ2) is 13.7. The molecule has 0 saturated carbocycles. The molecular formula is C22H37IN4O3. The fourth-order valence-corrected chi connectivity index (χ4v) is 3.25. The number of carbonyl (C=O) groups is 1. The number of nitrogens with one attached hydrogen (secondary N) is 3. The van der Waals surface area contributed by atoms with Gasteiger partial charge in [0.1, 0.15) is 5.60 Å². The summed E-state index contributed by atoms with van der Waals surface area (Å²) in [4.78, 5) is 16.5. The molecule has 2 unspecified atom stereocenters. The number of hydrogen-bond donors (Lipinski definition) is 3. The zero-order chi connectivity index (χ0) is 21.1. The molecule has 0 radical (unpaired) electrons. The summed E-state index contributed by atoms with van der Waals surface area (Å²) in [5, 5.41) is 9.26. The quantitative estimate of drug-likeness (QED) is 0.215. The van der Waals surface area contributed by atoms with Crippen LogP contribution in [0.4, 0.5) is 4.79 Å². The summed E-state index contributed by atoms with van der Waals surface area (Å²) in [5.74, 6) is 1.09. The third-order valence-corrected chi connectivity index (χ3v) is 4.49. The van der Waals surface area contributed by atoms with Gasteiger partial charge in [-0.3, -0.25) is 4.99 Å². The topological polar surface area (TPSA) is 84.0 Å². The molecule has 7 nitrogen and oxygen atoms in total. The van der Waals surface area contributed by atoms with Crippen molar-refractivity contribution >= 4 is 36.0 Å². The minimum atomic E-state index is -0.495. The molecule has 170 valence electrons. The van der Waals surface area contributed by atoms with Crippen molar-refractivity contribution < 1.29 is 14.3 Å². The molecule has 3 N–H and O–H groups in total. The third-order valence-electron chi connectivity index (χ3n) is 4.49. The van der Waals surface area contributed by atoms with Crippen molar-refractivity contribution in [3.63, 3.8) is 0 Å². The first-order valence-corrected chi connectivity index (χ1v) is 10.5. The lowest BCUT2D eigenvalue weighted by atomic mass is 9.89. The number of nitrogens with zero attached hydrogens (tertiary/aromatic N) is 1. The van der Waals surface area contributed by atoms with Gasteiger partial charge in [0.05, 0.1) is 6.10 Å². The van der Waals surface area contributed by atoms with E-state index in [0.29, 0.717) is 25.6 Å². The summed E-state index contributed by atoms with van der Waals surface area (Å²) < 4.78 is 11.3. The molecule has 2 rings (SSSR count). The Morgan fingerprint density at radius 2 is 1.87 bits per heavy atom. The SMILES string of the molecule is CCNC(=NCC1CCCOC1c1ccccc1)NCCNC(=O)OC(C)(C)C.I. The molecule has 1 aliphatic heterocycles. The van der Waals surface area contributed by atoms with Crippen LogP contribution in [0.1, 0.15) is 52.2 Å². The Hall–Kier alpha value is -1.55. The van der Waals surface area contributed by atoms with Crippen molar-refractivity contribution in [3.8, 4) is 0 Å². The van der Waals surface area contributed by atoms with Crippen LogP contribution in [0.2, 0.25) is 0 Å². The molecule has 0 aromatic heterocycles. The number of hydrogen-bond acceptors (Lipinski definition) is 4. The Balaban J connectivity index is 0.00000450. The van der Waals surface area contributed by atoms with Crippen molar-refractivity contribution in [3.05, 3.63) is 35.9 Å². The smallest absolute Gasteiger partial charge is 0.407 e. The molecule has 1 fully saturated rings. The highest BCUT2D eigenvalue weighted by molar-refractivity contribution is 14.0. The van der Waals surface area contributed by atoms with E-state index < -0.39 is 11.7 Å². The lowest BCUT2D eigenvalue weighted by Gasteiger charge is -2.31. The van der Waals surface area contributed by atoms with Gasteiger partial charge in [0.15, 0.2) is 5.96 Å². The van der Waals surface area contributed by atoms with Gasteiger partial charge in [-0.25, -0.2) is 4.79 Å². The number of aliphatic imine (C=N–C) groups is 1. The first kappa shape index (κ1) is 26.5. The molecule has 30 heavy (non-hydrogen) atoms. The van der Waals surface area contributed by atoms with Crippen molar-refractivity contribution in [1.29, 1.82) is 0 Å². The summed E-state index contributed by atoms with van der Waals surface area (Å²) in [6.45, 7) is 10.9. The molecule has 1 amide bonds. The van der Waals surface area contributed by atoms with Gasteiger partial charge in [0.25, 0.3) is 0 Å². The second-order valence-corrected chi connectivity index (χ2v) is 8.18. The second-order valence-electron chi connectivity index (χ2n) is 8.18. The molecule has 1 heterocycles. The molecule has 1 aromatic rings. The summed E-state index contributed by atoms with van der Waals surface area (Å²) in [6.07, 6.45) is 1.84. The minimum absolute atomic E-state index is 0. The van der Waals surface area contributed by atoms with Gasteiger partial charge in [0, 0.05) is 38.7 Å². The Labute approximate surface area is 197 Å². The van der Waals surface area contributed by atoms with Gasteiger partial charge in [-0.1, -0.05) is 30.3 Å². The van der Waals surface area contributed by atoms with Crippen LogP contribution in [0.25, 0.3) is 0 Å². The number of rotatable bonds is 7. The van der Waals surface area contributed by atoms with E-state index in [0.717, 1.165) is 32.0 Å². The molecule has 1 aromatic carbocycles. The fraction of sp³-hybridized carbons (Fsp3) is 0.636. The highest BCUT2D eigenvalue weighted by atomic mass is 127. The van der Waals surface area contributed by atoms with Crippen LogP contribution in [0.5, 0.6) is 0 Å². The zero-order valence-corrected chi connectivity index (χ0v) is 20.9. The van der Waals surface area contributed by atoms with Gasteiger partial charge in [-0.2, -0.15) is 0 Å². The van der Waals surface area contributed by atoms with E-state index in [2.05, 4.69) is 40.2 Å². The van der Waals surface area contributed by atoms with E-state index >= 15 is 0 Å². The molecule has 0 spiro atoms.